The highest BCUT2D eigenvalue weighted by Gasteiger charge is 2.48. The molecule has 48 heavy (non-hydrogen) atoms. The summed E-state index contributed by atoms with van der Waals surface area (Å²) in [4.78, 5) is 28.7. The van der Waals surface area contributed by atoms with Gasteiger partial charge in [-0.2, -0.15) is 0 Å². The fraction of sp³-hybridized carbons (Fsp3) is 0.243. The standard InChI is InChI=1S/C37H34FN3O5S2/c1-3-5-8-20-46-29-19-16-25(21-30(29)45-4-2)32-31(33(42)24-14-17-27(38)18-15-24)34(43)35(44)41(32)36-39-40-37(48-36)47-22-26-12-9-11-23-10-6-7-13-28(23)26/h6-7,9-19,21,32,42H,3-5,8,20,22H2,1-2H3/b33-31+. The molecule has 1 unspecified atom stereocenters. The molecular weight excluding hydrogens is 650 g/mol. The lowest BCUT2D eigenvalue weighted by molar-refractivity contribution is -0.132. The van der Waals surface area contributed by atoms with Crippen LogP contribution in [0.5, 0.6) is 11.5 Å². The van der Waals surface area contributed by atoms with Crippen molar-refractivity contribution in [1.29, 1.82) is 0 Å². The molecule has 1 aliphatic rings. The van der Waals surface area contributed by atoms with Crippen LogP contribution in [0.2, 0.25) is 0 Å². The number of aliphatic hydroxyl groups excluding tert-OH is 1. The summed E-state index contributed by atoms with van der Waals surface area (Å²) in [5.74, 6) is -1.06. The van der Waals surface area contributed by atoms with Crippen LogP contribution in [0.25, 0.3) is 16.5 Å². The molecule has 1 aliphatic heterocycles. The third-order valence-electron chi connectivity index (χ3n) is 7.98. The van der Waals surface area contributed by atoms with Crippen LogP contribution in [-0.4, -0.2) is 40.2 Å². The van der Waals surface area contributed by atoms with E-state index in [1.165, 1.54) is 52.3 Å². The summed E-state index contributed by atoms with van der Waals surface area (Å²) in [7, 11) is 0. The second kappa shape index (κ2) is 15.0. The number of aliphatic hydroxyl groups is 1. The summed E-state index contributed by atoms with van der Waals surface area (Å²) < 4.78 is 26.3. The predicted molar refractivity (Wildman–Crippen MR) is 187 cm³/mol. The molecule has 246 valence electrons. The van der Waals surface area contributed by atoms with Gasteiger partial charge < -0.3 is 14.6 Å². The van der Waals surface area contributed by atoms with Gasteiger partial charge in [0.1, 0.15) is 11.6 Å². The number of unbranched alkanes of at least 4 members (excludes halogenated alkanes) is 2. The van der Waals surface area contributed by atoms with Gasteiger partial charge in [0.2, 0.25) is 5.13 Å². The first kappa shape index (κ1) is 33.2. The molecule has 0 aliphatic carbocycles. The van der Waals surface area contributed by atoms with Gasteiger partial charge in [0.05, 0.1) is 24.8 Å². The molecule has 1 atom stereocenters. The molecular formula is C37H34FN3O5S2. The van der Waals surface area contributed by atoms with Crippen LogP contribution in [0.4, 0.5) is 9.52 Å². The molecule has 0 saturated carbocycles. The number of aromatic nitrogens is 2. The number of hydrogen-bond donors (Lipinski definition) is 1. The normalized spacial score (nSPS) is 15.7. The summed E-state index contributed by atoms with van der Waals surface area (Å²) >= 11 is 2.67. The highest BCUT2D eigenvalue weighted by molar-refractivity contribution is 8.00. The first-order valence-corrected chi connectivity index (χ1v) is 17.6. The van der Waals surface area contributed by atoms with E-state index in [2.05, 4.69) is 41.4 Å². The van der Waals surface area contributed by atoms with Gasteiger partial charge in [-0.25, -0.2) is 4.39 Å². The first-order valence-electron chi connectivity index (χ1n) is 15.8. The van der Waals surface area contributed by atoms with Gasteiger partial charge in [0, 0.05) is 11.3 Å². The number of ether oxygens (including phenoxy) is 2. The van der Waals surface area contributed by atoms with Crippen LogP contribution in [0.15, 0.2) is 94.8 Å². The van der Waals surface area contributed by atoms with Crippen molar-refractivity contribution < 1.29 is 28.6 Å². The minimum absolute atomic E-state index is 0.147. The van der Waals surface area contributed by atoms with Crippen molar-refractivity contribution in [3.8, 4) is 11.5 Å². The molecule has 6 rings (SSSR count). The number of carbonyl (C=O) groups excluding carboxylic acids is 2. The lowest BCUT2D eigenvalue weighted by Gasteiger charge is -2.23. The Balaban J connectivity index is 1.37. The lowest BCUT2D eigenvalue weighted by Crippen LogP contribution is -2.29. The van der Waals surface area contributed by atoms with Gasteiger partial charge in [-0.05, 0) is 71.6 Å². The molecule has 11 heteroatoms. The van der Waals surface area contributed by atoms with Crippen LogP contribution >= 0.6 is 23.1 Å². The lowest BCUT2D eigenvalue weighted by atomic mass is 9.95. The predicted octanol–water partition coefficient (Wildman–Crippen LogP) is 8.72. The van der Waals surface area contributed by atoms with Crippen LogP contribution < -0.4 is 14.4 Å². The molecule has 0 bridgehead atoms. The van der Waals surface area contributed by atoms with E-state index in [1.54, 1.807) is 18.2 Å². The van der Waals surface area contributed by atoms with Crippen LogP contribution in [0, 0.1) is 5.82 Å². The second-order valence-electron chi connectivity index (χ2n) is 11.1. The van der Waals surface area contributed by atoms with Gasteiger partial charge in [-0.15, -0.1) is 10.2 Å². The van der Waals surface area contributed by atoms with Crippen LogP contribution in [-0.2, 0) is 15.3 Å². The third-order valence-corrected chi connectivity index (χ3v) is 10.1. The largest absolute Gasteiger partial charge is 0.507 e. The number of carbonyl (C=O) groups is 2. The molecule has 1 amide bonds. The average Bonchev–Trinajstić information content (AvgIpc) is 3.67. The van der Waals surface area contributed by atoms with E-state index in [4.69, 9.17) is 9.47 Å². The van der Waals surface area contributed by atoms with Gasteiger partial charge in [0.25, 0.3) is 5.78 Å². The monoisotopic (exact) mass is 683 g/mol. The number of halogens is 1. The summed E-state index contributed by atoms with van der Waals surface area (Å²) in [5, 5.41) is 22.6. The number of rotatable bonds is 13. The zero-order valence-corrected chi connectivity index (χ0v) is 28.2. The number of ketones is 1. The molecule has 5 aromatic rings. The topological polar surface area (TPSA) is 102 Å². The Kier molecular flexibility index (Phi) is 10.4. The maximum absolute atomic E-state index is 13.8. The van der Waals surface area contributed by atoms with Crippen molar-refractivity contribution in [3.63, 3.8) is 0 Å². The molecule has 1 N–H and O–H groups in total. The van der Waals surface area contributed by atoms with Crippen LogP contribution in [0.1, 0.15) is 55.8 Å². The Morgan fingerprint density at radius 2 is 1.73 bits per heavy atom. The van der Waals surface area contributed by atoms with E-state index in [0.717, 1.165) is 35.6 Å². The maximum Gasteiger partial charge on any atom is 0.301 e. The third kappa shape index (κ3) is 6.93. The van der Waals surface area contributed by atoms with E-state index >= 15 is 0 Å². The summed E-state index contributed by atoms with van der Waals surface area (Å²) in [6, 6.07) is 23.5. The van der Waals surface area contributed by atoms with Crippen molar-refractivity contribution in [3.05, 3.63) is 113 Å². The van der Waals surface area contributed by atoms with Crippen molar-refractivity contribution in [2.24, 2.45) is 0 Å². The molecule has 4 aromatic carbocycles. The minimum atomic E-state index is -1.06. The summed E-state index contributed by atoms with van der Waals surface area (Å²) in [6.07, 6.45) is 2.98. The fourth-order valence-corrected chi connectivity index (χ4v) is 7.51. The molecule has 8 nitrogen and oxygen atoms in total. The number of benzene rings is 4. The Bertz CT molecular complexity index is 1970. The van der Waals surface area contributed by atoms with Crippen molar-refractivity contribution in [2.45, 2.75) is 49.2 Å². The molecule has 1 aromatic heterocycles. The highest BCUT2D eigenvalue weighted by Crippen LogP contribution is 2.46. The Labute approximate surface area is 286 Å². The van der Waals surface area contributed by atoms with Crippen LogP contribution in [0.3, 0.4) is 0 Å². The number of Topliss-reactive ketones (excluding diaryl/α,β-unsaturated/α-hetero) is 1. The van der Waals surface area contributed by atoms with E-state index in [-0.39, 0.29) is 16.3 Å². The smallest absolute Gasteiger partial charge is 0.301 e. The fourth-order valence-electron chi connectivity index (χ4n) is 5.64. The first-order chi connectivity index (χ1) is 23.4. The molecule has 0 spiro atoms. The number of nitrogens with zero attached hydrogens (tertiary/aromatic N) is 3. The van der Waals surface area contributed by atoms with Crippen molar-refractivity contribution >= 4 is 56.5 Å². The number of anilines is 1. The van der Waals surface area contributed by atoms with Gasteiger partial charge in [-0.3, -0.25) is 14.5 Å². The minimum Gasteiger partial charge on any atom is -0.507 e. The highest BCUT2D eigenvalue weighted by atomic mass is 32.2. The zero-order valence-electron chi connectivity index (χ0n) is 26.5. The quantitative estimate of drug-likeness (QED) is 0.0329. The van der Waals surface area contributed by atoms with E-state index in [1.807, 2.05) is 25.1 Å². The SMILES string of the molecule is CCCCCOc1ccc(C2/C(=C(\O)c3ccc(F)cc3)C(=O)C(=O)N2c2nnc(SCc3cccc4ccccc34)s2)cc1OCC. The van der Waals surface area contributed by atoms with Crippen molar-refractivity contribution in [1.82, 2.24) is 10.2 Å². The molecule has 2 heterocycles. The average molecular weight is 684 g/mol. The maximum atomic E-state index is 13.8. The Hall–Kier alpha value is -4.74. The van der Waals surface area contributed by atoms with Gasteiger partial charge in [0.15, 0.2) is 15.8 Å². The van der Waals surface area contributed by atoms with Gasteiger partial charge in [-0.1, -0.05) is 91.4 Å². The van der Waals surface area contributed by atoms with Crippen molar-refractivity contribution in [2.75, 3.05) is 18.1 Å². The number of fused-ring (bicyclic) bond motifs is 1. The van der Waals surface area contributed by atoms with E-state index in [9.17, 15) is 19.1 Å². The Morgan fingerprint density at radius 1 is 0.938 bits per heavy atom. The van der Waals surface area contributed by atoms with E-state index in [0.29, 0.717) is 40.4 Å². The second-order valence-corrected chi connectivity index (χ2v) is 13.3. The molecule has 0 radical (unpaired) electrons. The van der Waals surface area contributed by atoms with E-state index < -0.39 is 29.3 Å². The number of amides is 1. The number of thioether (sulfide) groups is 1. The van der Waals surface area contributed by atoms with Gasteiger partial charge >= 0.3 is 5.91 Å². The number of hydrogen-bond acceptors (Lipinski definition) is 9. The summed E-state index contributed by atoms with van der Waals surface area (Å²) in [6.45, 7) is 4.85. The molecule has 1 fully saturated rings. The Morgan fingerprint density at radius 3 is 2.52 bits per heavy atom. The zero-order chi connectivity index (χ0) is 33.6. The summed E-state index contributed by atoms with van der Waals surface area (Å²) in [5.41, 5.74) is 1.69. The molecule has 1 saturated heterocycles.